The predicted molar refractivity (Wildman–Crippen MR) is 118 cm³/mol. The molecule has 32 heavy (non-hydrogen) atoms. The van der Waals surface area contributed by atoms with Gasteiger partial charge < -0.3 is 23.5 Å². The number of esters is 3. The molecule has 1 aromatic carbocycles. The van der Waals surface area contributed by atoms with Crippen molar-refractivity contribution in [1.29, 1.82) is 0 Å². The molecule has 0 bridgehead atoms. The Bertz CT molecular complexity index is 807. The predicted octanol–water partition coefficient (Wildman–Crippen LogP) is 2.52. The molecule has 0 radical (unpaired) electrons. The molecule has 0 spiro atoms. The molecule has 1 heterocycles. The number of carbonyl (C=O) groups excluding carboxylic acids is 3. The lowest BCUT2D eigenvalue weighted by Crippen LogP contribution is -2.38. The Morgan fingerprint density at radius 3 is 2.22 bits per heavy atom. The zero-order chi connectivity index (χ0) is 23.9. The number of benzene rings is 1. The van der Waals surface area contributed by atoms with Crippen molar-refractivity contribution in [2.45, 2.75) is 53.6 Å². The Morgan fingerprint density at radius 1 is 1.06 bits per heavy atom. The minimum absolute atomic E-state index is 0.0356. The zero-order valence-corrected chi connectivity index (χ0v) is 19.8. The lowest BCUT2D eigenvalue weighted by molar-refractivity contribution is -0.162. The molecular formula is C23H33BO8. The van der Waals surface area contributed by atoms with E-state index in [4.69, 9.17) is 23.5 Å². The van der Waals surface area contributed by atoms with E-state index in [1.165, 1.54) is 7.11 Å². The molecule has 0 N–H and O–H groups in total. The molecule has 1 aromatic rings. The van der Waals surface area contributed by atoms with E-state index in [1.54, 1.807) is 45.0 Å². The largest absolute Gasteiger partial charge is 0.494 e. The number of methoxy groups -OCH3 is 1. The summed E-state index contributed by atoms with van der Waals surface area (Å²) in [7, 11) is 0.899. The van der Waals surface area contributed by atoms with Crippen LogP contribution in [0.2, 0.25) is 0 Å². The summed E-state index contributed by atoms with van der Waals surface area (Å²) in [4.78, 5) is 36.9. The van der Waals surface area contributed by atoms with Gasteiger partial charge in [-0.2, -0.15) is 0 Å². The summed E-state index contributed by atoms with van der Waals surface area (Å²) < 4.78 is 26.5. The van der Waals surface area contributed by atoms with E-state index < -0.39 is 29.9 Å². The minimum atomic E-state index is -0.862. The number of carbonyl (C=O) groups is 3. The summed E-state index contributed by atoms with van der Waals surface area (Å²) >= 11 is 0. The van der Waals surface area contributed by atoms with Crippen LogP contribution in [0.15, 0.2) is 24.3 Å². The van der Waals surface area contributed by atoms with Crippen molar-refractivity contribution in [2.75, 3.05) is 26.9 Å². The highest BCUT2D eigenvalue weighted by Crippen LogP contribution is 2.38. The van der Waals surface area contributed by atoms with E-state index in [1.807, 2.05) is 13.8 Å². The second-order valence-electron chi connectivity index (χ2n) is 8.97. The highest BCUT2D eigenvalue weighted by atomic mass is 16.6. The Kier molecular flexibility index (Phi) is 8.86. The Morgan fingerprint density at radius 2 is 1.69 bits per heavy atom. The summed E-state index contributed by atoms with van der Waals surface area (Å²) in [5.41, 5.74) is -0.485. The third-order valence-electron chi connectivity index (χ3n) is 5.65. The van der Waals surface area contributed by atoms with Crippen molar-refractivity contribution >= 4 is 30.5 Å². The van der Waals surface area contributed by atoms with E-state index in [-0.39, 0.29) is 31.7 Å². The molecule has 1 aliphatic heterocycles. The molecule has 2 atom stereocenters. The summed E-state index contributed by atoms with van der Waals surface area (Å²) in [6.07, 6.45) is 0.806. The molecule has 1 fully saturated rings. The van der Waals surface area contributed by atoms with Gasteiger partial charge in [-0.05, 0) is 58.1 Å². The van der Waals surface area contributed by atoms with E-state index in [2.05, 4.69) is 0 Å². The molecule has 0 amide bonds. The number of hydrogen-bond acceptors (Lipinski definition) is 8. The topological polar surface area (TPSA) is 97.4 Å². The van der Waals surface area contributed by atoms with Crippen LogP contribution in [0.1, 0.15) is 57.8 Å². The van der Waals surface area contributed by atoms with Crippen LogP contribution in [0.25, 0.3) is 0 Å². The summed E-state index contributed by atoms with van der Waals surface area (Å²) in [5, 5.41) is 0. The van der Waals surface area contributed by atoms with Gasteiger partial charge in [0.05, 0.1) is 36.2 Å². The molecule has 0 saturated carbocycles. The van der Waals surface area contributed by atoms with Crippen molar-refractivity contribution in [2.24, 2.45) is 10.8 Å². The van der Waals surface area contributed by atoms with Gasteiger partial charge in [0, 0.05) is 0 Å². The van der Waals surface area contributed by atoms with Crippen molar-refractivity contribution < 1.29 is 37.9 Å². The third-order valence-corrected chi connectivity index (χ3v) is 5.65. The lowest BCUT2D eigenvalue weighted by atomic mass is 9.72. The van der Waals surface area contributed by atoms with Crippen molar-refractivity contribution in [1.82, 2.24) is 0 Å². The van der Waals surface area contributed by atoms with E-state index >= 15 is 0 Å². The number of rotatable bonds is 10. The minimum Gasteiger partial charge on any atom is -0.469 e. The first-order valence-electron chi connectivity index (χ1n) is 10.8. The molecule has 8 nitrogen and oxygen atoms in total. The quantitative estimate of drug-likeness (QED) is 0.233. The molecule has 1 saturated heterocycles. The molecular weight excluding hydrogens is 415 g/mol. The molecule has 0 aliphatic carbocycles. The van der Waals surface area contributed by atoms with Gasteiger partial charge in [0.15, 0.2) is 0 Å². The van der Waals surface area contributed by atoms with Crippen molar-refractivity contribution in [3.05, 3.63) is 29.8 Å². The van der Waals surface area contributed by atoms with Crippen LogP contribution in [0.3, 0.4) is 0 Å². The normalized spacial score (nSPS) is 18.1. The van der Waals surface area contributed by atoms with E-state index in [0.29, 0.717) is 18.6 Å². The molecule has 2 rings (SSSR count). The van der Waals surface area contributed by atoms with E-state index in [0.717, 1.165) is 5.46 Å². The van der Waals surface area contributed by atoms with Crippen LogP contribution in [0.5, 0.6) is 0 Å². The van der Waals surface area contributed by atoms with Gasteiger partial charge >= 0.3 is 25.0 Å². The Balaban J connectivity index is 1.82. The molecule has 176 valence electrons. The Labute approximate surface area is 190 Å². The summed E-state index contributed by atoms with van der Waals surface area (Å²) in [6.45, 7) is 9.41. The highest BCUT2D eigenvalue weighted by molar-refractivity contribution is 6.61. The van der Waals surface area contributed by atoms with Crippen LogP contribution in [0.4, 0.5) is 0 Å². The van der Waals surface area contributed by atoms with Gasteiger partial charge in [-0.3, -0.25) is 9.59 Å². The smallest absolute Gasteiger partial charge is 0.469 e. The average Bonchev–Trinajstić information content (AvgIpc) is 3.21. The molecule has 2 unspecified atom stereocenters. The standard InChI is InChI=1S/C23H33BO8/c1-7-23(5,15-22(3,4)20(26)28-6)21(27)30-13-12-29-19(25)17-8-10-18(11-9-17)24-31-14-16(2)32-24/h8-11,16H,7,12-15H2,1-6H3. The fourth-order valence-corrected chi connectivity index (χ4v) is 3.66. The summed E-state index contributed by atoms with van der Waals surface area (Å²) in [5.74, 6) is -1.34. The van der Waals surface area contributed by atoms with Crippen LogP contribution in [-0.4, -0.2) is 58.1 Å². The van der Waals surface area contributed by atoms with Gasteiger partial charge in [-0.1, -0.05) is 19.1 Å². The van der Waals surface area contributed by atoms with Crippen LogP contribution in [-0.2, 0) is 33.1 Å². The van der Waals surface area contributed by atoms with Gasteiger partial charge in [0.25, 0.3) is 0 Å². The highest BCUT2D eigenvalue weighted by Gasteiger charge is 2.42. The second kappa shape index (κ2) is 11.0. The maximum Gasteiger partial charge on any atom is 0.494 e. The fraction of sp³-hybridized carbons (Fsp3) is 0.609. The first-order valence-corrected chi connectivity index (χ1v) is 10.8. The maximum absolute atomic E-state index is 12.6. The lowest BCUT2D eigenvalue weighted by Gasteiger charge is -2.33. The fourth-order valence-electron chi connectivity index (χ4n) is 3.66. The molecule has 9 heteroatoms. The maximum atomic E-state index is 12.6. The number of hydrogen-bond donors (Lipinski definition) is 0. The number of ether oxygens (including phenoxy) is 3. The zero-order valence-electron chi connectivity index (χ0n) is 19.8. The van der Waals surface area contributed by atoms with Gasteiger partial charge in [0.1, 0.15) is 13.2 Å². The van der Waals surface area contributed by atoms with E-state index in [9.17, 15) is 14.4 Å². The van der Waals surface area contributed by atoms with Gasteiger partial charge in [-0.25, -0.2) is 4.79 Å². The third kappa shape index (κ3) is 6.56. The first kappa shape index (κ1) is 25.9. The molecule has 1 aliphatic rings. The van der Waals surface area contributed by atoms with Gasteiger partial charge in [-0.15, -0.1) is 0 Å². The van der Waals surface area contributed by atoms with Crippen molar-refractivity contribution in [3.8, 4) is 0 Å². The van der Waals surface area contributed by atoms with Crippen molar-refractivity contribution in [3.63, 3.8) is 0 Å². The van der Waals surface area contributed by atoms with Crippen LogP contribution < -0.4 is 5.46 Å². The molecule has 0 aromatic heterocycles. The summed E-state index contributed by atoms with van der Waals surface area (Å²) in [6, 6.07) is 6.80. The van der Waals surface area contributed by atoms with Gasteiger partial charge in [0.2, 0.25) is 0 Å². The monoisotopic (exact) mass is 448 g/mol. The van der Waals surface area contributed by atoms with Crippen LogP contribution >= 0.6 is 0 Å². The Hall–Kier alpha value is -2.39. The first-order chi connectivity index (χ1) is 15.0. The van der Waals surface area contributed by atoms with Crippen LogP contribution in [0, 0.1) is 10.8 Å². The SMILES string of the molecule is CCC(C)(CC(C)(C)C(=O)OC)C(=O)OCCOC(=O)c1ccc(B2OCC(C)O2)cc1. The second-order valence-corrected chi connectivity index (χ2v) is 8.97. The average molecular weight is 448 g/mol.